The van der Waals surface area contributed by atoms with Gasteiger partial charge >= 0.3 is 6.03 Å². The maximum absolute atomic E-state index is 11.8. The van der Waals surface area contributed by atoms with E-state index in [1.807, 2.05) is 62.4 Å². The molecule has 1 heterocycles. The first kappa shape index (κ1) is 18.1. The highest BCUT2D eigenvalue weighted by molar-refractivity contribution is 9.10. The molecule has 7 heteroatoms. The minimum atomic E-state index is -0.249. The van der Waals surface area contributed by atoms with Crippen molar-refractivity contribution < 1.29 is 9.32 Å². The summed E-state index contributed by atoms with van der Waals surface area (Å²) in [5.41, 5.74) is 2.53. The molecular formula is C19H19BrN4O2. The number of hydrogen-bond acceptors (Lipinski definition) is 4. The lowest BCUT2D eigenvalue weighted by atomic mass is 10.1. The Morgan fingerprint density at radius 3 is 2.69 bits per heavy atom. The Kier molecular flexibility index (Phi) is 5.68. The van der Waals surface area contributed by atoms with Crippen molar-refractivity contribution in [1.29, 1.82) is 0 Å². The molecule has 134 valence electrons. The van der Waals surface area contributed by atoms with Gasteiger partial charge in [0.05, 0.1) is 6.42 Å². The highest BCUT2D eigenvalue weighted by atomic mass is 79.9. The highest BCUT2D eigenvalue weighted by Crippen LogP contribution is 2.21. The lowest BCUT2D eigenvalue weighted by Crippen LogP contribution is -2.34. The largest absolute Gasteiger partial charge is 0.339 e. The highest BCUT2D eigenvalue weighted by Gasteiger charge is 2.11. The van der Waals surface area contributed by atoms with Crippen molar-refractivity contribution >= 4 is 27.6 Å². The van der Waals surface area contributed by atoms with Gasteiger partial charge in [-0.25, -0.2) is 4.79 Å². The van der Waals surface area contributed by atoms with Crippen LogP contribution in [0.4, 0.5) is 10.5 Å². The molecule has 0 aliphatic carbocycles. The third-order valence-electron chi connectivity index (χ3n) is 3.54. The quantitative estimate of drug-likeness (QED) is 0.637. The van der Waals surface area contributed by atoms with E-state index in [0.717, 1.165) is 15.6 Å². The number of halogens is 1. The van der Waals surface area contributed by atoms with Crippen LogP contribution in [0.15, 0.2) is 57.5 Å². The number of anilines is 1. The minimum absolute atomic E-state index is 0.0663. The predicted octanol–water partition coefficient (Wildman–Crippen LogP) is 4.62. The zero-order valence-corrected chi connectivity index (χ0v) is 16.1. The smallest absolute Gasteiger partial charge is 0.319 e. The van der Waals surface area contributed by atoms with Gasteiger partial charge in [0.25, 0.3) is 0 Å². The Bertz CT molecular complexity index is 891. The molecule has 0 atom stereocenters. The van der Waals surface area contributed by atoms with Crippen LogP contribution >= 0.6 is 15.9 Å². The van der Waals surface area contributed by atoms with Crippen LogP contribution in [0, 0.1) is 0 Å². The summed E-state index contributed by atoms with van der Waals surface area (Å²) in [4.78, 5) is 16.3. The molecule has 0 aliphatic rings. The molecular weight excluding hydrogens is 396 g/mol. The van der Waals surface area contributed by atoms with Crippen molar-refractivity contribution in [2.75, 3.05) is 5.32 Å². The molecule has 26 heavy (non-hydrogen) atoms. The van der Waals surface area contributed by atoms with Crippen LogP contribution in [0.3, 0.4) is 0 Å². The predicted molar refractivity (Wildman–Crippen MR) is 104 cm³/mol. The Labute approximate surface area is 160 Å². The van der Waals surface area contributed by atoms with E-state index >= 15 is 0 Å². The van der Waals surface area contributed by atoms with Crippen LogP contribution < -0.4 is 10.6 Å². The van der Waals surface area contributed by atoms with E-state index < -0.39 is 0 Å². The number of rotatable bonds is 5. The molecule has 0 aliphatic heterocycles. The molecule has 0 unspecified atom stereocenters. The number of amides is 2. The number of aromatic nitrogens is 2. The van der Waals surface area contributed by atoms with E-state index in [0.29, 0.717) is 23.8 Å². The van der Waals surface area contributed by atoms with Crippen molar-refractivity contribution in [3.63, 3.8) is 0 Å². The maximum atomic E-state index is 11.8. The topological polar surface area (TPSA) is 80.0 Å². The average molecular weight is 415 g/mol. The fourth-order valence-corrected chi connectivity index (χ4v) is 2.65. The number of hydrogen-bond donors (Lipinski definition) is 2. The zero-order chi connectivity index (χ0) is 18.5. The van der Waals surface area contributed by atoms with Gasteiger partial charge in [-0.05, 0) is 43.7 Å². The third kappa shape index (κ3) is 4.92. The van der Waals surface area contributed by atoms with Gasteiger partial charge in [-0.15, -0.1) is 0 Å². The second-order valence-corrected chi connectivity index (χ2v) is 7.06. The number of nitrogens with zero attached hydrogens (tertiary/aromatic N) is 2. The first-order chi connectivity index (χ1) is 12.5. The normalized spacial score (nSPS) is 10.8. The van der Waals surface area contributed by atoms with Gasteiger partial charge < -0.3 is 15.2 Å². The van der Waals surface area contributed by atoms with Crippen molar-refractivity contribution in [3.8, 4) is 11.4 Å². The Hall–Kier alpha value is -2.67. The molecule has 0 radical (unpaired) electrons. The van der Waals surface area contributed by atoms with Crippen LogP contribution in [0.5, 0.6) is 0 Å². The lowest BCUT2D eigenvalue weighted by molar-refractivity contribution is 0.250. The van der Waals surface area contributed by atoms with Gasteiger partial charge in [0.15, 0.2) is 0 Å². The molecule has 3 aromatic rings. The zero-order valence-electron chi connectivity index (χ0n) is 14.5. The summed E-state index contributed by atoms with van der Waals surface area (Å²) in [5, 5.41) is 9.62. The van der Waals surface area contributed by atoms with Crippen molar-refractivity contribution in [3.05, 3.63) is 64.5 Å². The molecule has 0 saturated carbocycles. The van der Waals surface area contributed by atoms with Gasteiger partial charge in [0, 0.05) is 21.8 Å². The number of benzene rings is 2. The SMILES string of the molecule is CC(C)NC(=O)Nc1cccc(-c2noc(Cc3ccc(Br)cc3)n2)c1. The monoisotopic (exact) mass is 414 g/mol. The molecule has 2 aromatic carbocycles. The second kappa shape index (κ2) is 8.14. The molecule has 0 fully saturated rings. The van der Waals surface area contributed by atoms with Crippen molar-refractivity contribution in [2.24, 2.45) is 0 Å². The van der Waals surface area contributed by atoms with Gasteiger partial charge in [-0.3, -0.25) is 0 Å². The molecule has 3 rings (SSSR count). The van der Waals surface area contributed by atoms with Crippen LogP contribution in [-0.4, -0.2) is 22.2 Å². The van der Waals surface area contributed by atoms with Gasteiger partial charge in [0.2, 0.25) is 11.7 Å². The van der Waals surface area contributed by atoms with Crippen molar-refractivity contribution in [1.82, 2.24) is 15.5 Å². The molecule has 0 spiro atoms. The molecule has 2 amide bonds. The second-order valence-electron chi connectivity index (χ2n) is 6.15. The van der Waals surface area contributed by atoms with E-state index in [-0.39, 0.29) is 12.1 Å². The molecule has 6 nitrogen and oxygen atoms in total. The Morgan fingerprint density at radius 2 is 1.96 bits per heavy atom. The molecule has 1 aromatic heterocycles. The van der Waals surface area contributed by atoms with Crippen LogP contribution in [0.2, 0.25) is 0 Å². The summed E-state index contributed by atoms with van der Waals surface area (Å²) in [7, 11) is 0. The van der Waals surface area contributed by atoms with Crippen LogP contribution in [0.25, 0.3) is 11.4 Å². The summed E-state index contributed by atoms with van der Waals surface area (Å²) >= 11 is 3.42. The van der Waals surface area contributed by atoms with Crippen LogP contribution in [-0.2, 0) is 6.42 Å². The molecule has 0 saturated heterocycles. The van der Waals surface area contributed by atoms with E-state index in [2.05, 4.69) is 36.7 Å². The molecule has 2 N–H and O–H groups in total. The number of carbonyl (C=O) groups excluding carboxylic acids is 1. The lowest BCUT2D eigenvalue weighted by Gasteiger charge is -2.10. The molecule has 0 bridgehead atoms. The van der Waals surface area contributed by atoms with E-state index in [4.69, 9.17) is 4.52 Å². The first-order valence-electron chi connectivity index (χ1n) is 8.24. The summed E-state index contributed by atoms with van der Waals surface area (Å²) < 4.78 is 6.38. The first-order valence-corrected chi connectivity index (χ1v) is 9.04. The maximum Gasteiger partial charge on any atom is 0.319 e. The standard InChI is InChI=1S/C19H19BrN4O2/c1-12(2)21-19(25)22-16-5-3-4-14(11-16)18-23-17(26-24-18)10-13-6-8-15(20)9-7-13/h3-9,11-12H,10H2,1-2H3,(H2,21,22,25). The summed E-state index contributed by atoms with van der Waals surface area (Å²) in [6, 6.07) is 15.1. The van der Waals surface area contributed by atoms with Crippen LogP contribution in [0.1, 0.15) is 25.3 Å². The van der Waals surface area contributed by atoms with Gasteiger partial charge in [-0.2, -0.15) is 4.98 Å². The van der Waals surface area contributed by atoms with Gasteiger partial charge in [-0.1, -0.05) is 45.4 Å². The van der Waals surface area contributed by atoms with E-state index in [9.17, 15) is 4.79 Å². The van der Waals surface area contributed by atoms with Crippen molar-refractivity contribution in [2.45, 2.75) is 26.3 Å². The summed E-state index contributed by atoms with van der Waals surface area (Å²) in [6.07, 6.45) is 0.564. The fraction of sp³-hybridized carbons (Fsp3) is 0.211. The number of nitrogens with one attached hydrogen (secondary N) is 2. The number of carbonyl (C=O) groups is 1. The average Bonchev–Trinajstić information content (AvgIpc) is 3.05. The summed E-state index contributed by atoms with van der Waals surface area (Å²) in [6.45, 7) is 3.81. The van der Waals surface area contributed by atoms with Gasteiger partial charge in [0.1, 0.15) is 0 Å². The van der Waals surface area contributed by atoms with E-state index in [1.54, 1.807) is 0 Å². The fourth-order valence-electron chi connectivity index (χ4n) is 2.39. The Balaban J connectivity index is 1.71. The Morgan fingerprint density at radius 1 is 1.19 bits per heavy atom. The third-order valence-corrected chi connectivity index (χ3v) is 4.06. The summed E-state index contributed by atoms with van der Waals surface area (Å²) in [5.74, 6) is 1.03. The minimum Gasteiger partial charge on any atom is -0.339 e. The number of urea groups is 1. The van der Waals surface area contributed by atoms with E-state index in [1.165, 1.54) is 0 Å².